The van der Waals surface area contributed by atoms with Gasteiger partial charge in [0.2, 0.25) is 0 Å². The van der Waals surface area contributed by atoms with E-state index in [4.69, 9.17) is 0 Å². The summed E-state index contributed by atoms with van der Waals surface area (Å²) < 4.78 is 0. The van der Waals surface area contributed by atoms with Gasteiger partial charge in [-0.25, -0.2) is 4.98 Å². The van der Waals surface area contributed by atoms with Gasteiger partial charge in [-0.3, -0.25) is 9.59 Å². The average molecular weight is 325 g/mol. The lowest BCUT2D eigenvalue weighted by Crippen LogP contribution is -2.31. The molecule has 5 heteroatoms. The number of rotatable bonds is 5. The van der Waals surface area contributed by atoms with Crippen molar-refractivity contribution in [3.63, 3.8) is 0 Å². The molecule has 2 aromatic rings. The van der Waals surface area contributed by atoms with Crippen LogP contribution in [0.1, 0.15) is 46.0 Å². The number of aryl methyl sites for hydroxylation is 2. The maximum absolute atomic E-state index is 12.4. The van der Waals surface area contributed by atoms with Crippen molar-refractivity contribution in [2.24, 2.45) is 0 Å². The Bertz CT molecular complexity index is 752. The van der Waals surface area contributed by atoms with Crippen molar-refractivity contribution in [2.45, 2.75) is 27.7 Å². The molecule has 5 nitrogen and oxygen atoms in total. The van der Waals surface area contributed by atoms with Crippen molar-refractivity contribution in [1.29, 1.82) is 0 Å². The summed E-state index contributed by atoms with van der Waals surface area (Å²) in [6, 6.07) is 10.7. The molecule has 2 amide bonds. The predicted molar refractivity (Wildman–Crippen MR) is 95.4 cm³/mol. The minimum atomic E-state index is -0.323. The number of pyridine rings is 1. The first kappa shape index (κ1) is 17.7. The molecule has 0 aliphatic carbocycles. The molecule has 0 bridgehead atoms. The van der Waals surface area contributed by atoms with Crippen LogP contribution in [0.2, 0.25) is 0 Å². The molecule has 0 saturated heterocycles. The highest BCUT2D eigenvalue weighted by atomic mass is 16.2. The summed E-state index contributed by atoms with van der Waals surface area (Å²) in [6.45, 7) is 8.99. The third kappa shape index (κ3) is 3.98. The van der Waals surface area contributed by atoms with Gasteiger partial charge in [-0.1, -0.05) is 23.8 Å². The summed E-state index contributed by atoms with van der Waals surface area (Å²) in [7, 11) is 0. The van der Waals surface area contributed by atoms with Crippen LogP contribution in [-0.2, 0) is 0 Å². The van der Waals surface area contributed by atoms with E-state index in [1.54, 1.807) is 23.1 Å². The Morgan fingerprint density at radius 2 is 1.71 bits per heavy atom. The number of hydrogen-bond donors (Lipinski definition) is 1. The number of amides is 2. The summed E-state index contributed by atoms with van der Waals surface area (Å²) in [5, 5.41) is 2.85. The normalized spacial score (nSPS) is 10.3. The van der Waals surface area contributed by atoms with E-state index in [1.165, 1.54) is 0 Å². The second-order valence-electron chi connectivity index (χ2n) is 5.66. The summed E-state index contributed by atoms with van der Waals surface area (Å²) in [6.07, 6.45) is 0. The van der Waals surface area contributed by atoms with Crippen LogP contribution >= 0.6 is 0 Å². The van der Waals surface area contributed by atoms with Gasteiger partial charge >= 0.3 is 0 Å². The smallest absolute Gasteiger partial charge is 0.274 e. The molecule has 2 rings (SSSR count). The van der Waals surface area contributed by atoms with Gasteiger partial charge in [0.15, 0.2) is 0 Å². The Balaban J connectivity index is 2.21. The quantitative estimate of drug-likeness (QED) is 0.916. The first-order valence-corrected chi connectivity index (χ1v) is 8.11. The lowest BCUT2D eigenvalue weighted by molar-refractivity contribution is 0.0767. The Morgan fingerprint density at radius 1 is 1.04 bits per heavy atom. The number of benzene rings is 1. The highest BCUT2D eigenvalue weighted by Crippen LogP contribution is 2.17. The fourth-order valence-corrected chi connectivity index (χ4v) is 2.49. The maximum Gasteiger partial charge on any atom is 0.274 e. The molecule has 0 aliphatic rings. The second kappa shape index (κ2) is 7.73. The molecule has 1 N–H and O–H groups in total. The minimum Gasteiger partial charge on any atom is -0.338 e. The summed E-state index contributed by atoms with van der Waals surface area (Å²) in [5.74, 6) is -0.489. The zero-order valence-electron chi connectivity index (χ0n) is 14.6. The van der Waals surface area contributed by atoms with E-state index in [0.717, 1.165) is 16.8 Å². The van der Waals surface area contributed by atoms with Crippen LogP contribution in [0.25, 0.3) is 0 Å². The third-order valence-corrected chi connectivity index (χ3v) is 3.88. The van der Waals surface area contributed by atoms with E-state index in [0.29, 0.717) is 13.1 Å². The van der Waals surface area contributed by atoms with E-state index in [1.807, 2.05) is 45.9 Å². The topological polar surface area (TPSA) is 62.3 Å². The van der Waals surface area contributed by atoms with Crippen LogP contribution in [0.15, 0.2) is 36.4 Å². The highest BCUT2D eigenvalue weighted by Gasteiger charge is 2.16. The molecule has 0 unspecified atom stereocenters. The van der Waals surface area contributed by atoms with E-state index in [9.17, 15) is 9.59 Å². The van der Waals surface area contributed by atoms with Gasteiger partial charge in [0.05, 0.1) is 0 Å². The van der Waals surface area contributed by atoms with Crippen molar-refractivity contribution < 1.29 is 9.59 Å². The summed E-state index contributed by atoms with van der Waals surface area (Å²) >= 11 is 0. The van der Waals surface area contributed by atoms with Crippen LogP contribution in [0.3, 0.4) is 0 Å². The van der Waals surface area contributed by atoms with E-state index in [2.05, 4.69) is 10.3 Å². The van der Waals surface area contributed by atoms with Crippen LogP contribution in [0.4, 0.5) is 5.69 Å². The van der Waals surface area contributed by atoms with Crippen molar-refractivity contribution in [1.82, 2.24) is 9.88 Å². The molecule has 24 heavy (non-hydrogen) atoms. The maximum atomic E-state index is 12.4. The monoisotopic (exact) mass is 325 g/mol. The Morgan fingerprint density at radius 3 is 2.33 bits per heavy atom. The number of anilines is 1. The number of nitrogens with zero attached hydrogens (tertiary/aromatic N) is 2. The Kier molecular flexibility index (Phi) is 5.68. The lowest BCUT2D eigenvalue weighted by atomic mass is 10.1. The molecule has 0 saturated carbocycles. The predicted octanol–water partition coefficient (Wildman–Crippen LogP) is 3.43. The largest absolute Gasteiger partial charge is 0.338 e. The van der Waals surface area contributed by atoms with Crippen LogP contribution < -0.4 is 5.32 Å². The SMILES string of the molecule is CCN(CC)C(=O)c1cccc(C(=O)Nc2ccc(C)cc2C)n1. The summed E-state index contributed by atoms with van der Waals surface area (Å²) in [5.41, 5.74) is 3.38. The molecule has 0 fully saturated rings. The average Bonchev–Trinajstić information content (AvgIpc) is 2.58. The summed E-state index contributed by atoms with van der Waals surface area (Å²) in [4.78, 5) is 30.7. The number of aromatic nitrogens is 1. The van der Waals surface area contributed by atoms with E-state index in [-0.39, 0.29) is 23.2 Å². The number of nitrogens with one attached hydrogen (secondary N) is 1. The standard InChI is InChI=1S/C19H23N3O2/c1-5-22(6-2)19(24)17-9-7-8-16(20-17)18(23)21-15-11-10-13(3)12-14(15)4/h7-12H,5-6H2,1-4H3,(H,21,23). The molecule has 1 heterocycles. The molecule has 0 aliphatic heterocycles. The number of carbonyl (C=O) groups is 2. The zero-order chi connectivity index (χ0) is 17.7. The molecule has 1 aromatic carbocycles. The van der Waals surface area contributed by atoms with Crippen LogP contribution in [-0.4, -0.2) is 34.8 Å². The second-order valence-corrected chi connectivity index (χ2v) is 5.66. The zero-order valence-corrected chi connectivity index (χ0v) is 14.6. The van der Waals surface area contributed by atoms with Gasteiger partial charge in [0.1, 0.15) is 11.4 Å². The van der Waals surface area contributed by atoms with Crippen molar-refractivity contribution in [3.8, 4) is 0 Å². The molecule has 0 radical (unpaired) electrons. The van der Waals surface area contributed by atoms with Gasteiger partial charge in [-0.05, 0) is 51.5 Å². The van der Waals surface area contributed by atoms with Gasteiger partial charge in [0, 0.05) is 18.8 Å². The molecule has 126 valence electrons. The fourth-order valence-electron chi connectivity index (χ4n) is 2.49. The Hall–Kier alpha value is -2.69. The molecule has 0 spiro atoms. The van der Waals surface area contributed by atoms with Crippen LogP contribution in [0, 0.1) is 13.8 Å². The van der Waals surface area contributed by atoms with Gasteiger partial charge in [-0.15, -0.1) is 0 Å². The Labute approximate surface area is 142 Å². The molecular formula is C19H23N3O2. The van der Waals surface area contributed by atoms with E-state index >= 15 is 0 Å². The molecule has 0 atom stereocenters. The van der Waals surface area contributed by atoms with E-state index < -0.39 is 0 Å². The van der Waals surface area contributed by atoms with Crippen LogP contribution in [0.5, 0.6) is 0 Å². The van der Waals surface area contributed by atoms with Crippen molar-refractivity contribution in [2.75, 3.05) is 18.4 Å². The molecular weight excluding hydrogens is 302 g/mol. The van der Waals surface area contributed by atoms with Crippen molar-refractivity contribution >= 4 is 17.5 Å². The van der Waals surface area contributed by atoms with Gasteiger partial charge in [0.25, 0.3) is 11.8 Å². The highest BCUT2D eigenvalue weighted by molar-refractivity contribution is 6.04. The first-order chi connectivity index (χ1) is 11.5. The lowest BCUT2D eigenvalue weighted by Gasteiger charge is -2.18. The van der Waals surface area contributed by atoms with Gasteiger partial charge < -0.3 is 10.2 Å². The minimum absolute atomic E-state index is 0.166. The number of hydrogen-bond acceptors (Lipinski definition) is 3. The first-order valence-electron chi connectivity index (χ1n) is 8.11. The molecule has 1 aromatic heterocycles. The third-order valence-electron chi connectivity index (χ3n) is 3.88. The van der Waals surface area contributed by atoms with Gasteiger partial charge in [-0.2, -0.15) is 0 Å². The number of carbonyl (C=O) groups excluding carboxylic acids is 2. The fraction of sp³-hybridized carbons (Fsp3) is 0.316. The van der Waals surface area contributed by atoms with Crippen molar-refractivity contribution in [3.05, 3.63) is 58.9 Å².